The van der Waals surface area contributed by atoms with Crippen LogP contribution in [0.2, 0.25) is 0 Å². The van der Waals surface area contributed by atoms with Crippen molar-refractivity contribution in [2.45, 2.75) is 25.7 Å². The molecule has 1 unspecified atom stereocenters. The van der Waals surface area contributed by atoms with Gasteiger partial charge in [-0.05, 0) is 60.6 Å². The molecular formula is C20H24N2O2. The molecule has 1 aliphatic carbocycles. The first-order valence-electron chi connectivity index (χ1n) is 8.54. The van der Waals surface area contributed by atoms with Gasteiger partial charge in [-0.15, -0.1) is 0 Å². The summed E-state index contributed by atoms with van der Waals surface area (Å²) < 4.78 is 5.43. The highest BCUT2D eigenvalue weighted by atomic mass is 16.5. The zero-order valence-corrected chi connectivity index (χ0v) is 13.8. The van der Waals surface area contributed by atoms with Crippen molar-refractivity contribution >= 4 is 11.6 Å². The first kappa shape index (κ1) is 16.5. The van der Waals surface area contributed by atoms with Gasteiger partial charge in [0, 0.05) is 18.7 Å². The van der Waals surface area contributed by atoms with Crippen molar-refractivity contribution in [1.82, 2.24) is 0 Å². The van der Waals surface area contributed by atoms with Crippen molar-refractivity contribution in [3.63, 3.8) is 0 Å². The third-order valence-corrected chi connectivity index (χ3v) is 4.45. The second-order valence-corrected chi connectivity index (χ2v) is 6.29. The van der Waals surface area contributed by atoms with Crippen LogP contribution in [0.25, 0.3) is 0 Å². The highest BCUT2D eigenvalue weighted by molar-refractivity contribution is 5.90. The maximum atomic E-state index is 12.3. The number of carbonyl (C=O) groups is 1. The van der Waals surface area contributed by atoms with Crippen LogP contribution in [0.5, 0.6) is 5.75 Å². The standard InChI is InChI=1S/C20H24N2O2/c21-11-12-24-19-9-7-18(8-10-19)22-20(23)14-15-5-6-16-3-1-2-4-17(16)13-15/h1-4,7-10,15H,5-6,11-14,21H2,(H,22,23). The van der Waals surface area contributed by atoms with E-state index >= 15 is 0 Å². The Labute approximate surface area is 143 Å². The van der Waals surface area contributed by atoms with E-state index in [4.69, 9.17) is 10.5 Å². The average Bonchev–Trinajstić information content (AvgIpc) is 2.61. The van der Waals surface area contributed by atoms with Gasteiger partial charge < -0.3 is 15.8 Å². The second kappa shape index (κ2) is 7.97. The third-order valence-electron chi connectivity index (χ3n) is 4.45. The SMILES string of the molecule is NCCOc1ccc(NC(=O)CC2CCc3ccccc3C2)cc1. The highest BCUT2D eigenvalue weighted by Gasteiger charge is 2.20. The first-order valence-corrected chi connectivity index (χ1v) is 8.54. The van der Waals surface area contributed by atoms with E-state index in [1.165, 1.54) is 11.1 Å². The Balaban J connectivity index is 1.51. The van der Waals surface area contributed by atoms with Gasteiger partial charge in [0.2, 0.25) is 5.91 Å². The number of rotatable bonds is 6. The number of benzene rings is 2. The van der Waals surface area contributed by atoms with Crippen LogP contribution in [0.15, 0.2) is 48.5 Å². The van der Waals surface area contributed by atoms with E-state index in [0.717, 1.165) is 30.7 Å². The lowest BCUT2D eigenvalue weighted by molar-refractivity contribution is -0.117. The molecular weight excluding hydrogens is 300 g/mol. The summed E-state index contributed by atoms with van der Waals surface area (Å²) >= 11 is 0. The monoisotopic (exact) mass is 324 g/mol. The van der Waals surface area contributed by atoms with Crippen LogP contribution in [-0.2, 0) is 17.6 Å². The van der Waals surface area contributed by atoms with E-state index < -0.39 is 0 Å². The molecule has 24 heavy (non-hydrogen) atoms. The number of hydrogen-bond donors (Lipinski definition) is 2. The fraction of sp³-hybridized carbons (Fsp3) is 0.350. The third kappa shape index (κ3) is 4.36. The molecule has 0 saturated carbocycles. The molecule has 4 heteroatoms. The highest BCUT2D eigenvalue weighted by Crippen LogP contribution is 2.27. The van der Waals surface area contributed by atoms with Gasteiger partial charge in [-0.3, -0.25) is 4.79 Å². The lowest BCUT2D eigenvalue weighted by Gasteiger charge is -2.24. The molecule has 2 aromatic rings. The molecule has 1 atom stereocenters. The van der Waals surface area contributed by atoms with Gasteiger partial charge in [0.25, 0.3) is 0 Å². The number of nitrogens with two attached hydrogens (primary N) is 1. The van der Waals surface area contributed by atoms with Crippen molar-refractivity contribution in [1.29, 1.82) is 0 Å². The molecule has 2 aromatic carbocycles. The zero-order chi connectivity index (χ0) is 16.8. The van der Waals surface area contributed by atoms with Gasteiger partial charge in [0.15, 0.2) is 0 Å². The minimum Gasteiger partial charge on any atom is -0.492 e. The number of anilines is 1. The topological polar surface area (TPSA) is 64.3 Å². The minimum atomic E-state index is 0.0787. The van der Waals surface area contributed by atoms with Crippen LogP contribution in [-0.4, -0.2) is 19.1 Å². The number of carbonyl (C=O) groups excluding carboxylic acids is 1. The van der Waals surface area contributed by atoms with Crippen molar-refractivity contribution in [3.05, 3.63) is 59.7 Å². The smallest absolute Gasteiger partial charge is 0.224 e. The van der Waals surface area contributed by atoms with Crippen molar-refractivity contribution in [2.75, 3.05) is 18.5 Å². The minimum absolute atomic E-state index is 0.0787. The molecule has 0 aromatic heterocycles. The summed E-state index contributed by atoms with van der Waals surface area (Å²) in [5.41, 5.74) is 9.04. The lowest BCUT2D eigenvalue weighted by atomic mass is 9.82. The molecule has 0 saturated heterocycles. The summed E-state index contributed by atoms with van der Waals surface area (Å²) in [6, 6.07) is 16.0. The maximum absolute atomic E-state index is 12.3. The summed E-state index contributed by atoms with van der Waals surface area (Å²) in [7, 11) is 0. The van der Waals surface area contributed by atoms with Gasteiger partial charge in [-0.1, -0.05) is 24.3 Å². The predicted octanol–water partition coefficient (Wildman–Crippen LogP) is 3.16. The quantitative estimate of drug-likeness (QED) is 0.858. The summed E-state index contributed by atoms with van der Waals surface area (Å²) in [6.45, 7) is 0.984. The van der Waals surface area contributed by atoms with Gasteiger partial charge >= 0.3 is 0 Å². The molecule has 126 valence electrons. The van der Waals surface area contributed by atoms with E-state index in [9.17, 15) is 4.79 Å². The van der Waals surface area contributed by atoms with Crippen LogP contribution >= 0.6 is 0 Å². The van der Waals surface area contributed by atoms with E-state index in [1.807, 2.05) is 24.3 Å². The van der Waals surface area contributed by atoms with E-state index in [0.29, 0.717) is 25.5 Å². The van der Waals surface area contributed by atoms with E-state index in [2.05, 4.69) is 29.6 Å². The molecule has 3 N–H and O–H groups in total. The van der Waals surface area contributed by atoms with Crippen LogP contribution < -0.4 is 15.8 Å². The van der Waals surface area contributed by atoms with E-state index in [-0.39, 0.29) is 5.91 Å². The van der Waals surface area contributed by atoms with Gasteiger partial charge in [-0.2, -0.15) is 0 Å². The summed E-state index contributed by atoms with van der Waals surface area (Å²) in [5, 5.41) is 2.98. The van der Waals surface area contributed by atoms with Crippen LogP contribution in [0.3, 0.4) is 0 Å². The molecule has 0 radical (unpaired) electrons. The molecule has 0 fully saturated rings. The zero-order valence-electron chi connectivity index (χ0n) is 13.8. The molecule has 0 aliphatic heterocycles. The fourth-order valence-corrected chi connectivity index (χ4v) is 3.23. The van der Waals surface area contributed by atoms with E-state index in [1.54, 1.807) is 0 Å². The largest absolute Gasteiger partial charge is 0.492 e. The lowest BCUT2D eigenvalue weighted by Crippen LogP contribution is -2.21. The van der Waals surface area contributed by atoms with Gasteiger partial charge in [-0.25, -0.2) is 0 Å². The molecule has 0 spiro atoms. The van der Waals surface area contributed by atoms with Crippen molar-refractivity contribution in [3.8, 4) is 5.75 Å². The van der Waals surface area contributed by atoms with Gasteiger partial charge in [0.1, 0.15) is 12.4 Å². The predicted molar refractivity (Wildman–Crippen MR) is 96.2 cm³/mol. The number of nitrogens with one attached hydrogen (secondary N) is 1. The summed E-state index contributed by atoms with van der Waals surface area (Å²) in [5.74, 6) is 1.27. The number of ether oxygens (including phenoxy) is 1. The second-order valence-electron chi connectivity index (χ2n) is 6.29. The molecule has 1 aliphatic rings. The Morgan fingerprint density at radius 3 is 2.62 bits per heavy atom. The fourth-order valence-electron chi connectivity index (χ4n) is 3.23. The Hall–Kier alpha value is -2.33. The number of amides is 1. The van der Waals surface area contributed by atoms with Crippen molar-refractivity contribution < 1.29 is 9.53 Å². The molecule has 0 bridgehead atoms. The van der Waals surface area contributed by atoms with Crippen LogP contribution in [0.4, 0.5) is 5.69 Å². The maximum Gasteiger partial charge on any atom is 0.224 e. The normalized spacial score (nSPS) is 16.3. The van der Waals surface area contributed by atoms with Crippen LogP contribution in [0.1, 0.15) is 24.0 Å². The van der Waals surface area contributed by atoms with Crippen LogP contribution in [0, 0.1) is 5.92 Å². The molecule has 3 rings (SSSR count). The number of hydrogen-bond acceptors (Lipinski definition) is 3. The van der Waals surface area contributed by atoms with Crippen molar-refractivity contribution in [2.24, 2.45) is 11.7 Å². The summed E-state index contributed by atoms with van der Waals surface area (Å²) in [4.78, 5) is 12.3. The molecule has 0 heterocycles. The Morgan fingerprint density at radius 2 is 1.88 bits per heavy atom. The van der Waals surface area contributed by atoms with Gasteiger partial charge in [0.05, 0.1) is 0 Å². The first-order chi connectivity index (χ1) is 11.7. The molecule has 4 nitrogen and oxygen atoms in total. The number of fused-ring (bicyclic) bond motifs is 1. The average molecular weight is 324 g/mol. The Kier molecular flexibility index (Phi) is 5.49. The Morgan fingerprint density at radius 1 is 1.12 bits per heavy atom. The Bertz CT molecular complexity index is 682. The summed E-state index contributed by atoms with van der Waals surface area (Å²) in [6.07, 6.45) is 3.72. The number of aryl methyl sites for hydroxylation is 1. The molecule has 1 amide bonds.